The number of benzene rings is 1. The summed E-state index contributed by atoms with van der Waals surface area (Å²) in [6.07, 6.45) is 5.40. The van der Waals surface area contributed by atoms with Crippen LogP contribution in [0.4, 0.5) is 8.78 Å². The van der Waals surface area contributed by atoms with Gasteiger partial charge in [0.15, 0.2) is 0 Å². The van der Waals surface area contributed by atoms with Gasteiger partial charge in [0.25, 0.3) is 0 Å². The Morgan fingerprint density at radius 1 is 1.23 bits per heavy atom. The Balaban J connectivity index is 0.000000409. The van der Waals surface area contributed by atoms with Gasteiger partial charge in [0, 0.05) is 6.07 Å². The molecule has 0 fully saturated rings. The van der Waals surface area contributed by atoms with Crippen molar-refractivity contribution in [2.24, 2.45) is 0 Å². The fourth-order valence-electron chi connectivity index (χ4n) is 1.59. The van der Waals surface area contributed by atoms with Gasteiger partial charge in [0.2, 0.25) is 5.91 Å². The van der Waals surface area contributed by atoms with Crippen molar-refractivity contribution in [2.75, 3.05) is 0 Å². The minimum absolute atomic E-state index is 0.466. The summed E-state index contributed by atoms with van der Waals surface area (Å²) >= 11 is -1.27. The van der Waals surface area contributed by atoms with Crippen LogP contribution in [0.5, 0.6) is 0 Å². The monoisotopic (exact) mass is 441 g/mol. The Labute approximate surface area is 141 Å². The summed E-state index contributed by atoms with van der Waals surface area (Å²) in [6.45, 7) is 4.49. The van der Waals surface area contributed by atoms with Gasteiger partial charge in [-0.25, -0.2) is 8.78 Å². The zero-order valence-electron chi connectivity index (χ0n) is 12.9. The van der Waals surface area contributed by atoms with Crippen LogP contribution in [0.15, 0.2) is 18.2 Å². The van der Waals surface area contributed by atoms with E-state index in [1.54, 1.807) is 0 Å². The van der Waals surface area contributed by atoms with Gasteiger partial charge >= 0.3 is 76.0 Å². The third-order valence-corrected chi connectivity index (χ3v) is 10.5. The van der Waals surface area contributed by atoms with E-state index in [1.807, 2.05) is 0 Å². The standard InChI is InChI=1S/C7H4F2NO2.2C4H9.ClH.Sn/c8-4-1-2-5(6(9)3-4)7(11)10-12;2*1-3-4-2;;/h1-3H,(H-,10,11,12);2*1,3-4H2,2H3;1H;/q-1;;;;+2/p-1. The minimum Gasteiger partial charge on any atom is -0.759 e. The molecule has 0 saturated carbocycles. The van der Waals surface area contributed by atoms with Crippen LogP contribution in [0, 0.1) is 16.8 Å². The van der Waals surface area contributed by atoms with Crippen LogP contribution in [-0.2, 0) is 0 Å². The maximum atomic E-state index is 12.6. The van der Waals surface area contributed by atoms with E-state index in [0.29, 0.717) is 6.07 Å². The van der Waals surface area contributed by atoms with Crippen LogP contribution >= 0.6 is 8.92 Å². The van der Waals surface area contributed by atoms with E-state index in [9.17, 15) is 18.8 Å². The summed E-state index contributed by atoms with van der Waals surface area (Å²) in [5.41, 5.74) is 0.524. The molecule has 124 valence electrons. The predicted octanol–water partition coefficient (Wildman–Crippen LogP) is 5.01. The molecular weight excluding hydrogens is 418 g/mol. The number of carbonyl (C=O) groups excluding carboxylic acids is 1. The van der Waals surface area contributed by atoms with Gasteiger partial charge in [0.05, 0.1) is 5.56 Å². The molecule has 7 heteroatoms. The van der Waals surface area contributed by atoms with Crippen LogP contribution in [0.2, 0.25) is 8.87 Å². The summed E-state index contributed by atoms with van der Waals surface area (Å²) in [5.74, 6) is -2.97. The van der Waals surface area contributed by atoms with E-state index in [-0.39, 0.29) is 0 Å². The molecule has 3 nitrogen and oxygen atoms in total. The van der Waals surface area contributed by atoms with Crippen molar-refractivity contribution >= 4 is 33.5 Å². The molecule has 1 rings (SSSR count). The fourth-order valence-corrected chi connectivity index (χ4v) is 8.31. The van der Waals surface area contributed by atoms with Crippen molar-refractivity contribution in [2.45, 2.75) is 48.4 Å². The summed E-state index contributed by atoms with van der Waals surface area (Å²) < 4.78 is 27.7. The van der Waals surface area contributed by atoms with E-state index in [1.165, 1.54) is 34.6 Å². The zero-order chi connectivity index (χ0) is 17.0. The Bertz CT molecular complexity index is 442. The number of carbonyl (C=O) groups is 1. The molecule has 0 saturated heterocycles. The Morgan fingerprint density at radius 3 is 2.18 bits per heavy atom. The second kappa shape index (κ2) is 13.1. The van der Waals surface area contributed by atoms with Crippen LogP contribution in [-0.4, -0.2) is 24.5 Å². The first-order valence-electron chi connectivity index (χ1n) is 7.33. The van der Waals surface area contributed by atoms with Crippen molar-refractivity contribution < 1.29 is 13.6 Å². The van der Waals surface area contributed by atoms with Gasteiger partial charge < -0.3 is 10.7 Å². The Morgan fingerprint density at radius 2 is 1.77 bits per heavy atom. The van der Waals surface area contributed by atoms with Crippen LogP contribution in [0.1, 0.15) is 49.9 Å². The fraction of sp³-hybridized carbons (Fsp3) is 0.533. The summed E-state index contributed by atoms with van der Waals surface area (Å²) in [6, 6.07) is 2.33. The maximum absolute atomic E-state index is 12.6. The molecule has 0 aliphatic rings. The first-order chi connectivity index (χ1) is 10.5. The molecular formula is C15H22ClF2NO2Sn. The van der Waals surface area contributed by atoms with Crippen molar-refractivity contribution in [3.63, 3.8) is 0 Å². The van der Waals surface area contributed by atoms with E-state index >= 15 is 0 Å². The predicted molar refractivity (Wildman–Crippen MR) is 88.2 cm³/mol. The summed E-state index contributed by atoms with van der Waals surface area (Å²) in [5, 5.41) is 9.81. The Hall–Kier alpha value is -0.401. The molecule has 0 heterocycles. The molecule has 1 aromatic rings. The van der Waals surface area contributed by atoms with E-state index in [0.717, 1.165) is 17.6 Å². The molecule has 1 aromatic carbocycles. The summed E-state index contributed by atoms with van der Waals surface area (Å²) in [4.78, 5) is 10.6. The molecule has 0 atom stereocenters. The average molecular weight is 441 g/mol. The van der Waals surface area contributed by atoms with Crippen molar-refractivity contribution in [3.05, 3.63) is 40.6 Å². The van der Waals surface area contributed by atoms with Crippen molar-refractivity contribution in [1.82, 2.24) is 5.48 Å². The number of rotatable bonds is 7. The minimum atomic E-state index is -1.27. The first-order valence-corrected chi connectivity index (χ1v) is 15.0. The molecule has 0 aliphatic heterocycles. The van der Waals surface area contributed by atoms with Crippen LogP contribution in [0.25, 0.3) is 0 Å². The second-order valence-electron chi connectivity index (χ2n) is 4.78. The van der Waals surface area contributed by atoms with Gasteiger partial charge in [0.1, 0.15) is 11.6 Å². The van der Waals surface area contributed by atoms with Gasteiger partial charge in [-0.15, -0.1) is 0 Å². The molecule has 0 radical (unpaired) electrons. The third kappa shape index (κ3) is 9.58. The molecule has 0 aliphatic carbocycles. The molecule has 0 aromatic heterocycles. The maximum Gasteiger partial charge on any atom is 0.243 e. The van der Waals surface area contributed by atoms with E-state index in [4.69, 9.17) is 8.92 Å². The zero-order valence-corrected chi connectivity index (χ0v) is 16.5. The van der Waals surface area contributed by atoms with Gasteiger partial charge in [-0.2, -0.15) is 0 Å². The number of amides is 1. The molecule has 0 unspecified atom stereocenters. The SMILES string of the molecule is CCC[CH2][Sn+]([Cl])[CH2]CCC.O=C(N[O-])c1ccc(F)cc1F. The van der Waals surface area contributed by atoms with Crippen molar-refractivity contribution in [3.8, 4) is 0 Å². The largest absolute Gasteiger partial charge is 0.759 e. The average Bonchev–Trinajstić information content (AvgIpc) is 2.50. The molecule has 22 heavy (non-hydrogen) atoms. The number of hydroxylamine groups is 1. The van der Waals surface area contributed by atoms with Crippen LogP contribution < -0.4 is 5.48 Å². The van der Waals surface area contributed by atoms with Gasteiger partial charge in [-0.3, -0.25) is 4.79 Å². The summed E-state index contributed by atoms with van der Waals surface area (Å²) in [7, 11) is 6.24. The second-order valence-corrected chi connectivity index (χ2v) is 14.2. The Kier molecular flexibility index (Phi) is 12.8. The quantitative estimate of drug-likeness (QED) is 0.479. The first kappa shape index (κ1) is 21.6. The molecule has 0 bridgehead atoms. The number of nitrogens with one attached hydrogen (secondary N) is 1. The number of hydrogen-bond acceptors (Lipinski definition) is 2. The number of hydrogen-bond donors (Lipinski definition) is 1. The van der Waals surface area contributed by atoms with Crippen LogP contribution in [0.3, 0.4) is 0 Å². The number of halogens is 3. The smallest absolute Gasteiger partial charge is 0.243 e. The van der Waals surface area contributed by atoms with E-state index < -0.39 is 41.7 Å². The van der Waals surface area contributed by atoms with Gasteiger partial charge in [-0.05, 0) is 12.1 Å². The molecule has 1 N–H and O–H groups in total. The number of unbranched alkanes of at least 4 members (excludes halogenated alkanes) is 2. The van der Waals surface area contributed by atoms with Crippen molar-refractivity contribution in [1.29, 1.82) is 0 Å². The van der Waals surface area contributed by atoms with E-state index in [2.05, 4.69) is 13.8 Å². The molecule has 1 amide bonds. The molecule has 0 spiro atoms. The normalized spacial score (nSPS) is 9.73. The van der Waals surface area contributed by atoms with Gasteiger partial charge in [-0.1, -0.05) is 0 Å². The topological polar surface area (TPSA) is 52.2 Å². The third-order valence-electron chi connectivity index (χ3n) is 2.87.